The summed E-state index contributed by atoms with van der Waals surface area (Å²) in [6.07, 6.45) is 1.82. The number of rotatable bonds is 5. The highest BCUT2D eigenvalue weighted by molar-refractivity contribution is 5.78. The van der Waals surface area contributed by atoms with E-state index in [4.69, 9.17) is 4.74 Å². The van der Waals surface area contributed by atoms with Gasteiger partial charge in [0.05, 0.1) is 24.3 Å². The van der Waals surface area contributed by atoms with Gasteiger partial charge in [0.25, 0.3) is 5.56 Å². The molecule has 1 fully saturated rings. The van der Waals surface area contributed by atoms with Crippen LogP contribution in [0.25, 0.3) is 10.9 Å². The number of fused-ring (bicyclic) bond motifs is 1. The zero-order valence-corrected chi connectivity index (χ0v) is 16.5. The number of amides is 1. The Hall–Kier alpha value is -3.35. The van der Waals surface area contributed by atoms with Crippen molar-refractivity contribution in [2.45, 2.75) is 13.0 Å². The summed E-state index contributed by atoms with van der Waals surface area (Å²) in [7, 11) is 1.65. The molecule has 0 bridgehead atoms. The Kier molecular flexibility index (Phi) is 5.46. The Labute approximate surface area is 169 Å². The van der Waals surface area contributed by atoms with Crippen LogP contribution in [-0.2, 0) is 11.3 Å². The number of benzene rings is 2. The molecule has 4 rings (SSSR count). The Morgan fingerprint density at radius 2 is 1.76 bits per heavy atom. The standard InChI is InChI=1S/C22H24N4O3/c1-29-18-8-6-17(7-9-18)24-12-14-25(15-13-24)21(27)10-11-26-16-23-20-5-3-2-4-19(20)22(26)28/h2-9,16H,10-15H2,1H3. The van der Waals surface area contributed by atoms with E-state index < -0.39 is 0 Å². The highest BCUT2D eigenvalue weighted by Gasteiger charge is 2.21. The highest BCUT2D eigenvalue weighted by atomic mass is 16.5. The maximum atomic E-state index is 12.6. The second-order valence-electron chi connectivity index (χ2n) is 7.08. The maximum absolute atomic E-state index is 12.6. The first-order chi connectivity index (χ1) is 14.2. The molecular weight excluding hydrogens is 368 g/mol. The number of hydrogen-bond acceptors (Lipinski definition) is 5. The molecule has 1 amide bonds. The summed E-state index contributed by atoms with van der Waals surface area (Å²) in [5.41, 5.74) is 1.70. The minimum Gasteiger partial charge on any atom is -0.497 e. The zero-order valence-electron chi connectivity index (χ0n) is 16.5. The summed E-state index contributed by atoms with van der Waals surface area (Å²) in [6, 6.07) is 15.2. The molecule has 29 heavy (non-hydrogen) atoms. The molecule has 0 aliphatic carbocycles. The molecule has 3 aromatic rings. The van der Waals surface area contributed by atoms with Crippen LogP contribution in [0.2, 0.25) is 0 Å². The lowest BCUT2D eigenvalue weighted by Crippen LogP contribution is -2.49. The topological polar surface area (TPSA) is 67.7 Å². The van der Waals surface area contributed by atoms with Crippen LogP contribution in [0.1, 0.15) is 6.42 Å². The number of para-hydroxylation sites is 1. The van der Waals surface area contributed by atoms with Crippen LogP contribution in [0.4, 0.5) is 5.69 Å². The molecule has 150 valence electrons. The molecule has 0 unspecified atom stereocenters. The minimum absolute atomic E-state index is 0.0689. The molecule has 1 saturated heterocycles. The van der Waals surface area contributed by atoms with Crippen molar-refractivity contribution in [1.29, 1.82) is 0 Å². The van der Waals surface area contributed by atoms with Crippen molar-refractivity contribution in [3.05, 3.63) is 65.2 Å². The minimum atomic E-state index is -0.104. The van der Waals surface area contributed by atoms with Gasteiger partial charge in [-0.05, 0) is 36.4 Å². The summed E-state index contributed by atoms with van der Waals surface area (Å²) in [5, 5.41) is 0.579. The van der Waals surface area contributed by atoms with Crippen molar-refractivity contribution < 1.29 is 9.53 Å². The van der Waals surface area contributed by atoms with E-state index in [0.717, 1.165) is 24.5 Å². The number of carbonyl (C=O) groups is 1. The molecule has 1 aliphatic rings. The van der Waals surface area contributed by atoms with E-state index in [0.29, 0.717) is 37.0 Å². The van der Waals surface area contributed by atoms with E-state index in [1.807, 2.05) is 47.4 Å². The van der Waals surface area contributed by atoms with Gasteiger partial charge in [0.1, 0.15) is 5.75 Å². The smallest absolute Gasteiger partial charge is 0.261 e. The van der Waals surface area contributed by atoms with E-state index in [1.54, 1.807) is 13.2 Å². The van der Waals surface area contributed by atoms with Gasteiger partial charge >= 0.3 is 0 Å². The zero-order chi connectivity index (χ0) is 20.2. The van der Waals surface area contributed by atoms with Gasteiger partial charge in [-0.1, -0.05) is 12.1 Å². The molecule has 1 aliphatic heterocycles. The summed E-state index contributed by atoms with van der Waals surface area (Å²) in [4.78, 5) is 33.6. The van der Waals surface area contributed by atoms with E-state index >= 15 is 0 Å². The maximum Gasteiger partial charge on any atom is 0.261 e. The number of aromatic nitrogens is 2. The lowest BCUT2D eigenvalue weighted by Gasteiger charge is -2.36. The largest absolute Gasteiger partial charge is 0.497 e. The third kappa shape index (κ3) is 4.08. The van der Waals surface area contributed by atoms with Gasteiger partial charge in [-0.3, -0.25) is 14.2 Å². The average Bonchev–Trinajstić information content (AvgIpc) is 2.79. The number of hydrogen-bond donors (Lipinski definition) is 0. The van der Waals surface area contributed by atoms with Gasteiger partial charge in [0.2, 0.25) is 5.91 Å². The van der Waals surface area contributed by atoms with Crippen LogP contribution in [0.5, 0.6) is 5.75 Å². The molecule has 0 atom stereocenters. The van der Waals surface area contributed by atoms with E-state index in [2.05, 4.69) is 9.88 Å². The number of carbonyl (C=O) groups excluding carboxylic acids is 1. The first-order valence-electron chi connectivity index (χ1n) is 9.76. The molecule has 0 radical (unpaired) electrons. The number of methoxy groups -OCH3 is 1. The van der Waals surface area contributed by atoms with Crippen LogP contribution in [0.15, 0.2) is 59.7 Å². The van der Waals surface area contributed by atoms with Crippen molar-refractivity contribution in [3.8, 4) is 5.75 Å². The Morgan fingerprint density at radius 3 is 2.48 bits per heavy atom. The fourth-order valence-corrected chi connectivity index (χ4v) is 3.65. The van der Waals surface area contributed by atoms with Crippen molar-refractivity contribution in [3.63, 3.8) is 0 Å². The number of nitrogens with zero attached hydrogens (tertiary/aromatic N) is 4. The Morgan fingerprint density at radius 1 is 1.03 bits per heavy atom. The molecular formula is C22H24N4O3. The fraction of sp³-hybridized carbons (Fsp3) is 0.318. The van der Waals surface area contributed by atoms with Crippen molar-refractivity contribution >= 4 is 22.5 Å². The van der Waals surface area contributed by atoms with Gasteiger partial charge < -0.3 is 14.5 Å². The van der Waals surface area contributed by atoms with Crippen molar-refractivity contribution in [1.82, 2.24) is 14.5 Å². The van der Waals surface area contributed by atoms with Crippen molar-refractivity contribution in [2.24, 2.45) is 0 Å². The number of aryl methyl sites for hydroxylation is 1. The summed E-state index contributed by atoms with van der Waals surface area (Å²) in [5.74, 6) is 0.903. The lowest BCUT2D eigenvalue weighted by atomic mass is 10.2. The molecule has 7 nitrogen and oxygen atoms in total. The van der Waals surface area contributed by atoms with Crippen LogP contribution in [0.3, 0.4) is 0 Å². The third-order valence-electron chi connectivity index (χ3n) is 5.37. The second kappa shape index (κ2) is 8.34. The number of piperazine rings is 1. The molecule has 7 heteroatoms. The van der Waals surface area contributed by atoms with Gasteiger partial charge in [0, 0.05) is 44.8 Å². The van der Waals surface area contributed by atoms with E-state index in [-0.39, 0.29) is 11.5 Å². The quantitative estimate of drug-likeness (QED) is 0.666. The van der Waals surface area contributed by atoms with Gasteiger partial charge in [-0.15, -0.1) is 0 Å². The molecule has 0 spiro atoms. The Bertz CT molecular complexity index is 1050. The number of anilines is 1. The predicted octanol–water partition coefficient (Wildman–Crippen LogP) is 2.14. The first kappa shape index (κ1) is 19.0. The lowest BCUT2D eigenvalue weighted by molar-refractivity contribution is -0.131. The fourth-order valence-electron chi connectivity index (χ4n) is 3.65. The van der Waals surface area contributed by atoms with Gasteiger partial charge in [-0.2, -0.15) is 0 Å². The van der Waals surface area contributed by atoms with Crippen LogP contribution in [-0.4, -0.2) is 53.6 Å². The predicted molar refractivity (Wildman–Crippen MR) is 112 cm³/mol. The highest BCUT2D eigenvalue weighted by Crippen LogP contribution is 2.20. The summed E-state index contributed by atoms with van der Waals surface area (Å²) < 4.78 is 6.72. The molecule has 0 saturated carbocycles. The summed E-state index contributed by atoms with van der Waals surface area (Å²) >= 11 is 0. The average molecular weight is 392 g/mol. The molecule has 0 N–H and O–H groups in total. The monoisotopic (exact) mass is 392 g/mol. The van der Waals surface area contributed by atoms with Crippen molar-refractivity contribution in [2.75, 3.05) is 38.2 Å². The summed E-state index contributed by atoms with van der Waals surface area (Å²) in [6.45, 7) is 3.27. The van der Waals surface area contributed by atoms with E-state index in [1.165, 1.54) is 10.9 Å². The van der Waals surface area contributed by atoms with Crippen LogP contribution < -0.4 is 15.2 Å². The third-order valence-corrected chi connectivity index (χ3v) is 5.37. The van der Waals surface area contributed by atoms with E-state index in [9.17, 15) is 9.59 Å². The molecule has 1 aromatic heterocycles. The van der Waals surface area contributed by atoms with Gasteiger partial charge in [-0.25, -0.2) is 4.98 Å². The van der Waals surface area contributed by atoms with Crippen LogP contribution >= 0.6 is 0 Å². The molecule has 2 aromatic carbocycles. The Balaban J connectivity index is 1.33. The number of ether oxygens (including phenoxy) is 1. The normalized spacial score (nSPS) is 14.2. The first-order valence-corrected chi connectivity index (χ1v) is 9.76. The van der Waals surface area contributed by atoms with Gasteiger partial charge in [0.15, 0.2) is 0 Å². The second-order valence-corrected chi connectivity index (χ2v) is 7.08. The molecule has 2 heterocycles. The SMILES string of the molecule is COc1ccc(N2CCN(C(=O)CCn3cnc4ccccc4c3=O)CC2)cc1. The van der Waals surface area contributed by atoms with Crippen LogP contribution in [0, 0.1) is 0 Å².